The summed E-state index contributed by atoms with van der Waals surface area (Å²) in [7, 11) is 1.53. The van der Waals surface area contributed by atoms with Gasteiger partial charge in [-0.2, -0.15) is 0 Å². The standard InChI is InChI=1S/C11H21NO4/c1-8(14)5-6-12(4)10(16)9(15)11(2,3)7-13/h9,13,15H,5-7H2,1-4H3/t9-/m0/s1. The number of aliphatic hydroxyl groups excluding tert-OH is 2. The minimum Gasteiger partial charge on any atom is -0.396 e. The number of ketones is 1. The summed E-state index contributed by atoms with van der Waals surface area (Å²) in [4.78, 5) is 23.8. The molecule has 1 amide bonds. The van der Waals surface area contributed by atoms with Crippen LogP contribution in [0, 0.1) is 5.41 Å². The SMILES string of the molecule is CC(=O)CCN(C)C(=O)[C@H](O)C(C)(C)CO. The van der Waals surface area contributed by atoms with Crippen molar-refractivity contribution >= 4 is 11.7 Å². The van der Waals surface area contributed by atoms with Crippen molar-refractivity contribution in [2.45, 2.75) is 33.3 Å². The number of Topliss-reactive ketones (excluding diaryl/α,β-unsaturated/α-hetero) is 1. The van der Waals surface area contributed by atoms with Crippen molar-refractivity contribution in [1.82, 2.24) is 4.90 Å². The minimum absolute atomic E-state index is 0.00411. The van der Waals surface area contributed by atoms with Gasteiger partial charge >= 0.3 is 0 Å². The summed E-state index contributed by atoms with van der Waals surface area (Å²) in [6.07, 6.45) is -0.983. The molecule has 0 aromatic rings. The van der Waals surface area contributed by atoms with Crippen molar-refractivity contribution in [2.75, 3.05) is 20.2 Å². The van der Waals surface area contributed by atoms with E-state index < -0.39 is 17.4 Å². The summed E-state index contributed by atoms with van der Waals surface area (Å²) in [6.45, 7) is 4.67. The van der Waals surface area contributed by atoms with E-state index in [2.05, 4.69) is 0 Å². The molecule has 0 spiro atoms. The van der Waals surface area contributed by atoms with E-state index in [1.807, 2.05) is 0 Å². The molecule has 0 aromatic heterocycles. The van der Waals surface area contributed by atoms with Gasteiger partial charge in [0.05, 0.1) is 6.61 Å². The molecule has 2 N–H and O–H groups in total. The zero-order valence-electron chi connectivity index (χ0n) is 10.4. The molecule has 0 aliphatic rings. The molecule has 0 saturated heterocycles. The number of carbonyl (C=O) groups excluding carboxylic acids is 2. The van der Waals surface area contributed by atoms with Crippen LogP contribution in [0.4, 0.5) is 0 Å². The molecule has 0 rings (SSSR count). The lowest BCUT2D eigenvalue weighted by Gasteiger charge is -2.30. The third kappa shape index (κ3) is 4.28. The van der Waals surface area contributed by atoms with E-state index in [1.165, 1.54) is 18.9 Å². The lowest BCUT2D eigenvalue weighted by Crippen LogP contribution is -2.46. The van der Waals surface area contributed by atoms with E-state index in [0.29, 0.717) is 0 Å². The second kappa shape index (κ2) is 5.96. The Balaban J connectivity index is 4.38. The zero-order chi connectivity index (χ0) is 12.9. The summed E-state index contributed by atoms with van der Waals surface area (Å²) in [5.74, 6) is -0.476. The van der Waals surface area contributed by atoms with Gasteiger partial charge < -0.3 is 15.1 Å². The van der Waals surface area contributed by atoms with Gasteiger partial charge in [0.1, 0.15) is 11.9 Å². The van der Waals surface area contributed by atoms with Crippen LogP contribution in [0.25, 0.3) is 0 Å². The van der Waals surface area contributed by atoms with Crippen molar-refractivity contribution in [3.63, 3.8) is 0 Å². The predicted molar refractivity (Wildman–Crippen MR) is 59.8 cm³/mol. The van der Waals surface area contributed by atoms with Gasteiger partial charge in [0, 0.05) is 25.4 Å². The molecule has 1 atom stereocenters. The maximum Gasteiger partial charge on any atom is 0.251 e. The fourth-order valence-corrected chi connectivity index (χ4v) is 1.06. The molecule has 0 aromatic carbocycles. The topological polar surface area (TPSA) is 77.8 Å². The number of rotatable bonds is 6. The smallest absolute Gasteiger partial charge is 0.251 e. The normalized spacial score (nSPS) is 13.4. The lowest BCUT2D eigenvalue weighted by atomic mass is 9.87. The molecule has 0 radical (unpaired) electrons. The third-order valence-electron chi connectivity index (χ3n) is 2.56. The zero-order valence-corrected chi connectivity index (χ0v) is 10.4. The minimum atomic E-state index is -1.26. The highest BCUT2D eigenvalue weighted by molar-refractivity contribution is 5.82. The number of amides is 1. The first-order chi connectivity index (χ1) is 7.22. The first kappa shape index (κ1) is 15.1. The first-order valence-corrected chi connectivity index (χ1v) is 5.25. The molecule has 0 saturated carbocycles. The van der Waals surface area contributed by atoms with Crippen molar-refractivity contribution in [3.05, 3.63) is 0 Å². The fraction of sp³-hybridized carbons (Fsp3) is 0.818. The van der Waals surface area contributed by atoms with E-state index in [9.17, 15) is 14.7 Å². The Morgan fingerprint density at radius 3 is 2.25 bits per heavy atom. The molecule has 16 heavy (non-hydrogen) atoms. The molecular formula is C11H21NO4. The van der Waals surface area contributed by atoms with Crippen molar-refractivity contribution < 1.29 is 19.8 Å². The van der Waals surface area contributed by atoms with Crippen LogP contribution in [0.5, 0.6) is 0 Å². The van der Waals surface area contributed by atoms with Gasteiger partial charge in [-0.1, -0.05) is 13.8 Å². The Bertz CT molecular complexity index is 263. The first-order valence-electron chi connectivity index (χ1n) is 5.25. The second-order valence-corrected chi connectivity index (χ2v) is 4.76. The molecule has 0 aliphatic carbocycles. The summed E-state index contributed by atoms with van der Waals surface area (Å²) >= 11 is 0. The fourth-order valence-electron chi connectivity index (χ4n) is 1.06. The summed E-state index contributed by atoms with van der Waals surface area (Å²) in [6, 6.07) is 0. The van der Waals surface area contributed by atoms with E-state index in [0.717, 1.165) is 0 Å². The van der Waals surface area contributed by atoms with Crippen molar-refractivity contribution in [1.29, 1.82) is 0 Å². The summed E-state index contributed by atoms with van der Waals surface area (Å²) in [5, 5.41) is 18.8. The lowest BCUT2D eigenvalue weighted by molar-refractivity contribution is -0.147. The number of hydrogen-bond acceptors (Lipinski definition) is 4. The number of likely N-dealkylation sites (N-methyl/N-ethyl adjacent to an activating group) is 1. The Morgan fingerprint density at radius 2 is 1.88 bits per heavy atom. The average molecular weight is 231 g/mol. The van der Waals surface area contributed by atoms with Crippen LogP contribution in [0.2, 0.25) is 0 Å². The summed E-state index contributed by atoms with van der Waals surface area (Å²) < 4.78 is 0. The van der Waals surface area contributed by atoms with Gasteiger partial charge in [0.2, 0.25) is 0 Å². The molecule has 0 heterocycles. The monoisotopic (exact) mass is 231 g/mol. The molecule has 0 fully saturated rings. The Kier molecular flexibility index (Phi) is 5.61. The van der Waals surface area contributed by atoms with Gasteiger partial charge in [0.25, 0.3) is 5.91 Å². The van der Waals surface area contributed by atoms with Gasteiger partial charge in [0.15, 0.2) is 0 Å². The largest absolute Gasteiger partial charge is 0.396 e. The van der Waals surface area contributed by atoms with Crippen LogP contribution >= 0.6 is 0 Å². The van der Waals surface area contributed by atoms with Crippen molar-refractivity contribution in [2.24, 2.45) is 5.41 Å². The number of nitrogens with zero attached hydrogens (tertiary/aromatic N) is 1. The third-order valence-corrected chi connectivity index (χ3v) is 2.56. The van der Waals surface area contributed by atoms with Crippen LogP contribution < -0.4 is 0 Å². The quantitative estimate of drug-likeness (QED) is 0.664. The van der Waals surface area contributed by atoms with Crippen LogP contribution in [-0.2, 0) is 9.59 Å². The molecule has 0 unspecified atom stereocenters. The van der Waals surface area contributed by atoms with Gasteiger partial charge in [-0.15, -0.1) is 0 Å². The predicted octanol–water partition coefficient (Wildman–Crippen LogP) is -0.197. The number of carbonyl (C=O) groups is 2. The maximum atomic E-state index is 11.7. The number of hydrogen-bond donors (Lipinski definition) is 2. The van der Waals surface area contributed by atoms with Crippen LogP contribution in [0.1, 0.15) is 27.2 Å². The molecule has 0 aliphatic heterocycles. The van der Waals surface area contributed by atoms with E-state index in [-0.39, 0.29) is 25.4 Å². The van der Waals surface area contributed by atoms with Gasteiger partial charge in [-0.25, -0.2) is 0 Å². The molecule has 94 valence electrons. The molecule has 0 bridgehead atoms. The van der Waals surface area contributed by atoms with Gasteiger partial charge in [-0.05, 0) is 6.92 Å². The second-order valence-electron chi connectivity index (χ2n) is 4.76. The van der Waals surface area contributed by atoms with Gasteiger partial charge in [-0.3, -0.25) is 9.59 Å². The average Bonchev–Trinajstić information content (AvgIpc) is 2.23. The van der Waals surface area contributed by atoms with Crippen LogP contribution in [0.3, 0.4) is 0 Å². The molecular weight excluding hydrogens is 210 g/mol. The van der Waals surface area contributed by atoms with Crippen LogP contribution in [-0.4, -0.2) is 53.1 Å². The van der Waals surface area contributed by atoms with E-state index in [4.69, 9.17) is 5.11 Å². The van der Waals surface area contributed by atoms with E-state index >= 15 is 0 Å². The Labute approximate surface area is 96.1 Å². The maximum absolute atomic E-state index is 11.7. The highest BCUT2D eigenvalue weighted by Crippen LogP contribution is 2.20. The molecule has 5 nitrogen and oxygen atoms in total. The highest BCUT2D eigenvalue weighted by Gasteiger charge is 2.34. The Hall–Kier alpha value is -0.940. The number of aliphatic hydroxyl groups is 2. The van der Waals surface area contributed by atoms with Crippen molar-refractivity contribution in [3.8, 4) is 0 Å². The van der Waals surface area contributed by atoms with Crippen LogP contribution in [0.15, 0.2) is 0 Å². The van der Waals surface area contributed by atoms with E-state index in [1.54, 1.807) is 13.8 Å². The molecule has 5 heteroatoms. The summed E-state index contributed by atoms with van der Waals surface area (Å²) in [5.41, 5.74) is -0.873. The highest BCUT2D eigenvalue weighted by atomic mass is 16.3. The Morgan fingerprint density at radius 1 is 1.38 bits per heavy atom.